The van der Waals surface area contributed by atoms with Gasteiger partial charge in [-0.15, -0.1) is 0 Å². The highest BCUT2D eigenvalue weighted by Gasteiger charge is 2.04. The lowest BCUT2D eigenvalue weighted by molar-refractivity contribution is 0.523. The molecule has 15 heavy (non-hydrogen) atoms. The van der Waals surface area contributed by atoms with Gasteiger partial charge in [0.05, 0.1) is 6.54 Å². The second-order valence-corrected chi connectivity index (χ2v) is 3.86. The van der Waals surface area contributed by atoms with Crippen LogP contribution in [0.2, 0.25) is 0 Å². The van der Waals surface area contributed by atoms with Crippen LogP contribution in [-0.4, -0.2) is 21.5 Å². The molecule has 4 heteroatoms. The summed E-state index contributed by atoms with van der Waals surface area (Å²) >= 11 is 0. The molecule has 0 atom stereocenters. The zero-order valence-corrected chi connectivity index (χ0v) is 9.20. The highest BCUT2D eigenvalue weighted by atomic mass is 15.5. The van der Waals surface area contributed by atoms with E-state index < -0.39 is 0 Å². The van der Waals surface area contributed by atoms with Crippen molar-refractivity contribution >= 4 is 11.0 Å². The van der Waals surface area contributed by atoms with Gasteiger partial charge in [-0.25, -0.2) is 0 Å². The van der Waals surface area contributed by atoms with Gasteiger partial charge < -0.3 is 5.73 Å². The minimum absolute atomic E-state index is 0.677. The quantitative estimate of drug-likeness (QED) is 0.822. The van der Waals surface area contributed by atoms with E-state index in [4.69, 9.17) is 5.73 Å². The molecule has 0 aliphatic heterocycles. The summed E-state index contributed by atoms with van der Waals surface area (Å²) < 4.78 is 0. The standard InChI is InChI=1S/C11H16N4/c1-8-6-10-11(7-9(8)2)14-15(13-10)5-3-4-12/h6-7H,3-5,12H2,1-2H3. The van der Waals surface area contributed by atoms with E-state index in [0.717, 1.165) is 24.0 Å². The van der Waals surface area contributed by atoms with E-state index in [1.807, 2.05) is 0 Å². The number of nitrogens with zero attached hydrogens (tertiary/aromatic N) is 3. The van der Waals surface area contributed by atoms with Crippen LogP contribution in [-0.2, 0) is 6.54 Å². The maximum absolute atomic E-state index is 5.45. The van der Waals surface area contributed by atoms with Crippen LogP contribution < -0.4 is 5.73 Å². The minimum atomic E-state index is 0.677. The summed E-state index contributed by atoms with van der Waals surface area (Å²) in [4.78, 5) is 1.73. The van der Waals surface area contributed by atoms with Crippen LogP contribution in [0.5, 0.6) is 0 Å². The molecule has 0 fully saturated rings. The molecule has 0 aliphatic carbocycles. The van der Waals surface area contributed by atoms with Crippen molar-refractivity contribution < 1.29 is 0 Å². The highest BCUT2D eigenvalue weighted by molar-refractivity contribution is 5.75. The van der Waals surface area contributed by atoms with Crippen LogP contribution in [0.3, 0.4) is 0 Å². The lowest BCUT2D eigenvalue weighted by Gasteiger charge is -1.95. The molecule has 80 valence electrons. The Morgan fingerprint density at radius 2 is 1.67 bits per heavy atom. The number of nitrogens with two attached hydrogens (primary N) is 1. The fraction of sp³-hybridized carbons (Fsp3) is 0.455. The molecule has 0 aliphatic rings. The van der Waals surface area contributed by atoms with Gasteiger partial charge in [-0.3, -0.25) is 0 Å². The van der Waals surface area contributed by atoms with Gasteiger partial charge >= 0.3 is 0 Å². The van der Waals surface area contributed by atoms with Crippen LogP contribution in [0.1, 0.15) is 17.5 Å². The first kappa shape index (κ1) is 10.1. The third-order valence-electron chi connectivity index (χ3n) is 2.60. The van der Waals surface area contributed by atoms with Gasteiger partial charge in [0.1, 0.15) is 11.0 Å². The first-order valence-corrected chi connectivity index (χ1v) is 5.23. The molecule has 1 heterocycles. The van der Waals surface area contributed by atoms with Gasteiger partial charge in [0.2, 0.25) is 0 Å². The zero-order chi connectivity index (χ0) is 10.8. The molecule has 2 N–H and O–H groups in total. The van der Waals surface area contributed by atoms with Crippen molar-refractivity contribution in [2.24, 2.45) is 5.73 Å². The van der Waals surface area contributed by atoms with Crippen molar-refractivity contribution in [2.75, 3.05) is 6.54 Å². The Kier molecular flexibility index (Phi) is 2.68. The Bertz CT molecular complexity index is 434. The van der Waals surface area contributed by atoms with Gasteiger partial charge in [0.25, 0.3) is 0 Å². The molecule has 0 saturated carbocycles. The highest BCUT2D eigenvalue weighted by Crippen LogP contribution is 2.15. The number of benzene rings is 1. The fourth-order valence-corrected chi connectivity index (χ4v) is 1.55. The lowest BCUT2D eigenvalue weighted by atomic mass is 10.1. The van der Waals surface area contributed by atoms with E-state index in [9.17, 15) is 0 Å². The summed E-state index contributed by atoms with van der Waals surface area (Å²) in [6.45, 7) is 5.65. The molecule has 0 unspecified atom stereocenters. The van der Waals surface area contributed by atoms with E-state index in [1.165, 1.54) is 11.1 Å². The maximum Gasteiger partial charge on any atom is 0.113 e. The number of rotatable bonds is 3. The summed E-state index contributed by atoms with van der Waals surface area (Å²) in [5.74, 6) is 0. The average Bonchev–Trinajstić information content (AvgIpc) is 2.58. The monoisotopic (exact) mass is 204 g/mol. The number of hydrogen-bond acceptors (Lipinski definition) is 3. The minimum Gasteiger partial charge on any atom is -0.330 e. The first-order chi connectivity index (χ1) is 7.20. The van der Waals surface area contributed by atoms with Crippen LogP contribution in [0.25, 0.3) is 11.0 Å². The van der Waals surface area contributed by atoms with E-state index in [0.29, 0.717) is 6.54 Å². The Morgan fingerprint density at radius 3 is 2.13 bits per heavy atom. The molecule has 2 aromatic rings. The van der Waals surface area contributed by atoms with Gasteiger partial charge in [-0.05, 0) is 50.1 Å². The van der Waals surface area contributed by atoms with Crippen molar-refractivity contribution in [3.8, 4) is 0 Å². The van der Waals surface area contributed by atoms with Crippen LogP contribution in [0, 0.1) is 13.8 Å². The third kappa shape index (κ3) is 1.99. The summed E-state index contributed by atoms with van der Waals surface area (Å²) in [6, 6.07) is 4.16. The predicted molar refractivity (Wildman–Crippen MR) is 60.7 cm³/mol. The third-order valence-corrected chi connectivity index (χ3v) is 2.60. The van der Waals surface area contributed by atoms with Crippen LogP contribution in [0.4, 0.5) is 0 Å². The molecule has 0 bridgehead atoms. The second-order valence-electron chi connectivity index (χ2n) is 3.86. The Morgan fingerprint density at radius 1 is 1.13 bits per heavy atom. The molecule has 0 amide bonds. The lowest BCUT2D eigenvalue weighted by Crippen LogP contribution is -2.07. The first-order valence-electron chi connectivity index (χ1n) is 5.23. The summed E-state index contributed by atoms with van der Waals surface area (Å²) in [5, 5.41) is 8.80. The van der Waals surface area contributed by atoms with Gasteiger partial charge in [-0.1, -0.05) is 0 Å². The molecule has 1 aromatic carbocycles. The van der Waals surface area contributed by atoms with Gasteiger partial charge in [0, 0.05) is 0 Å². The van der Waals surface area contributed by atoms with Crippen molar-refractivity contribution in [3.63, 3.8) is 0 Å². The number of aryl methyl sites for hydroxylation is 3. The topological polar surface area (TPSA) is 56.7 Å². The molecule has 1 aromatic heterocycles. The second kappa shape index (κ2) is 3.98. The van der Waals surface area contributed by atoms with E-state index in [2.05, 4.69) is 36.2 Å². The van der Waals surface area contributed by atoms with Crippen molar-refractivity contribution in [3.05, 3.63) is 23.3 Å². The Hall–Kier alpha value is -1.42. The number of fused-ring (bicyclic) bond motifs is 1. The fourth-order valence-electron chi connectivity index (χ4n) is 1.55. The summed E-state index contributed by atoms with van der Waals surface area (Å²) in [6.07, 6.45) is 0.916. The smallest absolute Gasteiger partial charge is 0.113 e. The molecular formula is C11H16N4. The van der Waals surface area contributed by atoms with Crippen molar-refractivity contribution in [2.45, 2.75) is 26.8 Å². The number of hydrogen-bond donors (Lipinski definition) is 1. The normalized spacial score (nSPS) is 11.1. The predicted octanol–water partition coefficient (Wildman–Crippen LogP) is 1.40. The van der Waals surface area contributed by atoms with Gasteiger partial charge in [0.15, 0.2) is 0 Å². The van der Waals surface area contributed by atoms with Crippen molar-refractivity contribution in [1.82, 2.24) is 15.0 Å². The zero-order valence-electron chi connectivity index (χ0n) is 9.20. The van der Waals surface area contributed by atoms with E-state index in [1.54, 1.807) is 4.80 Å². The summed E-state index contributed by atoms with van der Waals surface area (Å²) in [7, 11) is 0. The Labute approximate surface area is 89.1 Å². The van der Waals surface area contributed by atoms with Crippen LogP contribution >= 0.6 is 0 Å². The van der Waals surface area contributed by atoms with E-state index in [-0.39, 0.29) is 0 Å². The number of aromatic nitrogens is 3. The largest absolute Gasteiger partial charge is 0.330 e. The average molecular weight is 204 g/mol. The summed E-state index contributed by atoms with van der Waals surface area (Å²) in [5.41, 5.74) is 9.90. The molecule has 0 radical (unpaired) electrons. The molecular weight excluding hydrogens is 188 g/mol. The SMILES string of the molecule is Cc1cc2nn(CCCN)nc2cc1C. The molecule has 0 saturated heterocycles. The van der Waals surface area contributed by atoms with Crippen molar-refractivity contribution in [1.29, 1.82) is 0 Å². The molecule has 2 rings (SSSR count). The molecule has 4 nitrogen and oxygen atoms in total. The van der Waals surface area contributed by atoms with E-state index >= 15 is 0 Å². The van der Waals surface area contributed by atoms with Gasteiger partial charge in [-0.2, -0.15) is 15.0 Å². The Balaban J connectivity index is 2.38. The van der Waals surface area contributed by atoms with Crippen LogP contribution in [0.15, 0.2) is 12.1 Å². The maximum atomic E-state index is 5.45. The molecule has 0 spiro atoms.